The monoisotopic (exact) mass is 465 g/mol. The lowest BCUT2D eigenvalue weighted by molar-refractivity contribution is -0.120. The van der Waals surface area contributed by atoms with Crippen molar-refractivity contribution in [2.75, 3.05) is 31.6 Å². The molecule has 1 saturated heterocycles. The Balaban J connectivity index is 1.41. The minimum atomic E-state index is -0.290. The van der Waals surface area contributed by atoms with Gasteiger partial charge in [-0.1, -0.05) is 42.1 Å². The Hall–Kier alpha value is -3.00. The number of nitrogens with one attached hydrogen (secondary N) is 1. The normalized spacial score (nSPS) is 14.7. The number of benzene rings is 2. The van der Waals surface area contributed by atoms with Crippen molar-refractivity contribution in [2.24, 2.45) is 0 Å². The van der Waals surface area contributed by atoms with E-state index in [9.17, 15) is 4.79 Å². The number of carbonyl (C=O) groups excluding carboxylic acids is 1. The van der Waals surface area contributed by atoms with Crippen LogP contribution in [0.15, 0.2) is 59.8 Å². The van der Waals surface area contributed by atoms with Crippen LogP contribution in [-0.4, -0.2) is 52.7 Å². The number of piperidine rings is 1. The van der Waals surface area contributed by atoms with Gasteiger partial charge in [0.25, 0.3) is 0 Å². The van der Waals surface area contributed by atoms with Gasteiger partial charge in [-0.3, -0.25) is 9.36 Å². The molecule has 0 aliphatic carbocycles. The van der Waals surface area contributed by atoms with Crippen molar-refractivity contribution in [3.05, 3.63) is 60.2 Å². The molecule has 3 aromatic rings. The quantitative estimate of drug-likeness (QED) is 0.480. The summed E-state index contributed by atoms with van der Waals surface area (Å²) in [5, 5.41) is 12.5. The number of methoxy groups -OCH3 is 1. The second kappa shape index (κ2) is 11.2. The van der Waals surface area contributed by atoms with Crippen LogP contribution in [0.25, 0.3) is 5.69 Å². The second-order valence-corrected chi connectivity index (χ2v) is 9.46. The van der Waals surface area contributed by atoms with Crippen molar-refractivity contribution < 1.29 is 9.53 Å². The Kier molecular flexibility index (Phi) is 7.88. The van der Waals surface area contributed by atoms with Crippen LogP contribution < -0.4 is 15.0 Å². The number of amides is 1. The lowest BCUT2D eigenvalue weighted by Gasteiger charge is -2.28. The molecule has 0 spiro atoms. The van der Waals surface area contributed by atoms with E-state index >= 15 is 0 Å². The first-order valence-corrected chi connectivity index (χ1v) is 12.4. The maximum Gasteiger partial charge on any atom is 0.233 e. The number of anilines is 1. The van der Waals surface area contributed by atoms with Crippen molar-refractivity contribution in [2.45, 2.75) is 43.0 Å². The maximum atomic E-state index is 12.8. The molecule has 1 aliphatic rings. The number of hydrogen-bond acceptors (Lipinski definition) is 6. The minimum absolute atomic E-state index is 0.00403. The molecule has 33 heavy (non-hydrogen) atoms. The van der Waals surface area contributed by atoms with Crippen molar-refractivity contribution >= 4 is 23.6 Å². The van der Waals surface area contributed by atoms with Gasteiger partial charge in [0.05, 0.1) is 18.0 Å². The minimum Gasteiger partial charge on any atom is -0.497 e. The molecule has 2 aromatic carbocycles. The van der Waals surface area contributed by atoms with Crippen LogP contribution in [0, 0.1) is 0 Å². The smallest absolute Gasteiger partial charge is 0.233 e. The SMILES string of the molecule is COc1ccc(CCNC(=O)C(C)Sc2nnc(N3CCCCC3)n2-c2ccccc2)cc1. The highest BCUT2D eigenvalue weighted by atomic mass is 32.2. The van der Waals surface area contributed by atoms with Gasteiger partial charge < -0.3 is 15.0 Å². The van der Waals surface area contributed by atoms with Gasteiger partial charge in [-0.25, -0.2) is 0 Å². The molecule has 7 nitrogen and oxygen atoms in total. The van der Waals surface area contributed by atoms with E-state index < -0.39 is 0 Å². The van der Waals surface area contributed by atoms with Gasteiger partial charge in [-0.15, -0.1) is 10.2 Å². The summed E-state index contributed by atoms with van der Waals surface area (Å²) in [5.41, 5.74) is 2.17. The highest BCUT2D eigenvalue weighted by molar-refractivity contribution is 8.00. The van der Waals surface area contributed by atoms with Crippen molar-refractivity contribution in [3.8, 4) is 11.4 Å². The number of thioether (sulfide) groups is 1. The summed E-state index contributed by atoms with van der Waals surface area (Å²) < 4.78 is 7.27. The predicted octanol–water partition coefficient (Wildman–Crippen LogP) is 4.11. The average Bonchev–Trinajstić information content (AvgIpc) is 3.29. The van der Waals surface area contributed by atoms with Crippen molar-refractivity contribution in [1.29, 1.82) is 0 Å². The van der Waals surface area contributed by atoms with Crippen LogP contribution >= 0.6 is 11.8 Å². The van der Waals surface area contributed by atoms with E-state index in [0.29, 0.717) is 6.54 Å². The van der Waals surface area contributed by atoms with E-state index in [1.54, 1.807) is 7.11 Å². The Labute approximate surface area is 199 Å². The molecule has 4 rings (SSSR count). The molecule has 2 heterocycles. The number of nitrogens with zero attached hydrogens (tertiary/aromatic N) is 4. The van der Waals surface area contributed by atoms with E-state index in [-0.39, 0.29) is 11.2 Å². The summed E-state index contributed by atoms with van der Waals surface area (Å²) in [5.74, 6) is 1.69. The number of aromatic nitrogens is 3. The lowest BCUT2D eigenvalue weighted by Crippen LogP contribution is -2.33. The molecule has 1 aromatic heterocycles. The fourth-order valence-corrected chi connectivity index (χ4v) is 4.80. The number of rotatable bonds is 9. The Morgan fingerprint density at radius 3 is 2.48 bits per heavy atom. The molecular weight excluding hydrogens is 434 g/mol. The highest BCUT2D eigenvalue weighted by Crippen LogP contribution is 2.30. The molecule has 0 saturated carbocycles. The van der Waals surface area contributed by atoms with Gasteiger partial charge in [-0.05, 0) is 62.4 Å². The summed E-state index contributed by atoms with van der Waals surface area (Å²) in [7, 11) is 1.66. The van der Waals surface area contributed by atoms with Gasteiger partial charge in [0, 0.05) is 19.6 Å². The third-order valence-electron chi connectivity index (χ3n) is 5.79. The Morgan fingerprint density at radius 2 is 1.79 bits per heavy atom. The molecule has 1 amide bonds. The molecule has 0 radical (unpaired) electrons. The van der Waals surface area contributed by atoms with E-state index in [1.807, 2.05) is 49.4 Å². The fraction of sp³-hybridized carbons (Fsp3) is 0.400. The largest absolute Gasteiger partial charge is 0.497 e. The van der Waals surface area contributed by atoms with Gasteiger partial charge in [-0.2, -0.15) is 0 Å². The zero-order valence-electron chi connectivity index (χ0n) is 19.2. The van der Waals surface area contributed by atoms with E-state index in [2.05, 4.69) is 37.1 Å². The number of carbonyl (C=O) groups is 1. The van der Waals surface area contributed by atoms with Crippen LogP contribution in [0.4, 0.5) is 5.95 Å². The summed E-state index contributed by atoms with van der Waals surface area (Å²) in [6.07, 6.45) is 4.35. The second-order valence-electron chi connectivity index (χ2n) is 8.15. The fourth-order valence-electron chi connectivity index (χ4n) is 3.92. The maximum absolute atomic E-state index is 12.8. The van der Waals surface area contributed by atoms with Crippen LogP contribution in [0.1, 0.15) is 31.7 Å². The molecule has 0 bridgehead atoms. The van der Waals surface area contributed by atoms with Crippen LogP contribution in [0.3, 0.4) is 0 Å². The average molecular weight is 466 g/mol. The molecular formula is C25H31N5O2S. The van der Waals surface area contributed by atoms with E-state index in [4.69, 9.17) is 4.74 Å². The standard InChI is InChI=1S/C25H31N5O2S/c1-19(23(31)26-16-15-20-11-13-22(32-2)14-12-20)33-25-28-27-24(29-17-7-4-8-18-29)30(25)21-9-5-3-6-10-21/h3,5-6,9-14,19H,4,7-8,15-18H2,1-2H3,(H,26,31). The van der Waals surface area contributed by atoms with Crippen LogP contribution in [0.5, 0.6) is 5.75 Å². The molecule has 1 unspecified atom stereocenters. The van der Waals surface area contributed by atoms with Crippen LogP contribution in [-0.2, 0) is 11.2 Å². The van der Waals surface area contributed by atoms with Crippen molar-refractivity contribution in [3.63, 3.8) is 0 Å². The topological polar surface area (TPSA) is 72.3 Å². The third kappa shape index (κ3) is 5.87. The molecule has 174 valence electrons. The summed E-state index contributed by atoms with van der Waals surface area (Å²) in [6.45, 7) is 4.46. The molecule has 8 heteroatoms. The predicted molar refractivity (Wildman–Crippen MR) is 132 cm³/mol. The van der Waals surface area contributed by atoms with Gasteiger partial charge in [0.15, 0.2) is 5.16 Å². The van der Waals surface area contributed by atoms with Gasteiger partial charge in [0.2, 0.25) is 11.9 Å². The third-order valence-corrected chi connectivity index (χ3v) is 6.84. The molecule has 1 N–H and O–H groups in total. The Bertz CT molecular complexity index is 1030. The zero-order valence-corrected chi connectivity index (χ0v) is 20.1. The number of para-hydroxylation sites is 1. The molecule has 1 aliphatic heterocycles. The van der Waals surface area contributed by atoms with Crippen LogP contribution in [0.2, 0.25) is 0 Å². The number of ether oxygens (including phenoxy) is 1. The Morgan fingerprint density at radius 1 is 1.06 bits per heavy atom. The van der Waals surface area contributed by atoms with Gasteiger partial charge >= 0.3 is 0 Å². The summed E-state index contributed by atoms with van der Waals surface area (Å²) >= 11 is 1.44. The zero-order chi connectivity index (χ0) is 23.0. The molecule has 1 fully saturated rings. The van der Waals surface area contributed by atoms with Crippen molar-refractivity contribution in [1.82, 2.24) is 20.1 Å². The first-order valence-electron chi connectivity index (χ1n) is 11.5. The first-order chi connectivity index (χ1) is 16.2. The summed E-state index contributed by atoms with van der Waals surface area (Å²) in [4.78, 5) is 15.1. The van der Waals surface area contributed by atoms with Gasteiger partial charge in [0.1, 0.15) is 5.75 Å². The highest BCUT2D eigenvalue weighted by Gasteiger charge is 2.24. The first kappa shape index (κ1) is 23.2. The molecule has 1 atom stereocenters. The van der Waals surface area contributed by atoms with E-state index in [1.165, 1.54) is 18.2 Å². The lowest BCUT2D eigenvalue weighted by atomic mass is 10.1. The number of hydrogen-bond donors (Lipinski definition) is 1. The summed E-state index contributed by atoms with van der Waals surface area (Å²) in [6, 6.07) is 18.1. The van der Waals surface area contributed by atoms with E-state index in [0.717, 1.165) is 60.5 Å².